The van der Waals surface area contributed by atoms with E-state index in [-0.39, 0.29) is 12.1 Å². The van der Waals surface area contributed by atoms with E-state index in [9.17, 15) is 0 Å². The lowest BCUT2D eigenvalue weighted by molar-refractivity contribution is 0.414. The summed E-state index contributed by atoms with van der Waals surface area (Å²) in [6.45, 7) is 2.06. The summed E-state index contributed by atoms with van der Waals surface area (Å²) in [4.78, 5) is 6.85. The molecular formula is C32H28N4O2S. The summed E-state index contributed by atoms with van der Waals surface area (Å²) in [5, 5.41) is 4.18. The van der Waals surface area contributed by atoms with Crippen LogP contribution in [0.15, 0.2) is 116 Å². The third-order valence-electron chi connectivity index (χ3n) is 6.88. The van der Waals surface area contributed by atoms with Crippen LogP contribution in [0.4, 0.5) is 5.69 Å². The van der Waals surface area contributed by atoms with Crippen LogP contribution in [-0.2, 0) is 0 Å². The number of aryl methyl sites for hydroxylation is 1. The molecule has 3 aromatic carbocycles. The molecule has 194 valence electrons. The molecule has 6 nitrogen and oxygen atoms in total. The van der Waals surface area contributed by atoms with Crippen molar-refractivity contribution in [3.8, 4) is 22.9 Å². The highest BCUT2D eigenvalue weighted by atomic mass is 32.1. The lowest BCUT2D eigenvalue weighted by Gasteiger charge is -2.29. The van der Waals surface area contributed by atoms with Gasteiger partial charge in [-0.15, -0.1) is 0 Å². The Morgan fingerprint density at radius 2 is 1.56 bits per heavy atom. The average molecular weight is 533 g/mol. The molecule has 0 aliphatic carbocycles. The molecular weight excluding hydrogens is 504 g/mol. The number of hydrogen-bond acceptors (Lipinski definition) is 4. The number of pyridine rings is 1. The molecule has 1 N–H and O–H groups in total. The van der Waals surface area contributed by atoms with Crippen LogP contribution in [0.3, 0.4) is 0 Å². The quantitative estimate of drug-likeness (QED) is 0.225. The molecule has 39 heavy (non-hydrogen) atoms. The second kappa shape index (κ2) is 10.6. The molecule has 0 amide bonds. The SMILES string of the molecule is COc1cccc(-n2cccc2[C@H]2[C@@H](c3ccccn3)NC(=S)N2c2ccc(Oc3ccc(C)cc3)cc2)c1. The lowest BCUT2D eigenvalue weighted by atomic mass is 10.0. The highest BCUT2D eigenvalue weighted by Crippen LogP contribution is 2.42. The standard InChI is InChI=1S/C32H28N4O2S/c1-22-11-15-25(16-12-22)38-26-17-13-23(14-18-26)36-31(30(34-32(36)39)28-9-3-4-19-33-28)29-10-6-20-35(29)24-7-5-8-27(21-24)37-2/h3-21,30-31H,1-2H3,(H,34,39)/t30-,31+/m1/s1. The van der Waals surface area contributed by atoms with Crippen molar-refractivity contribution < 1.29 is 9.47 Å². The van der Waals surface area contributed by atoms with E-state index in [0.717, 1.165) is 40.0 Å². The highest BCUT2D eigenvalue weighted by molar-refractivity contribution is 7.80. The molecule has 3 heterocycles. The first-order valence-electron chi connectivity index (χ1n) is 12.8. The first-order valence-corrected chi connectivity index (χ1v) is 13.2. The Morgan fingerprint density at radius 3 is 2.28 bits per heavy atom. The maximum Gasteiger partial charge on any atom is 0.174 e. The van der Waals surface area contributed by atoms with E-state index in [2.05, 4.69) is 51.1 Å². The maximum absolute atomic E-state index is 6.07. The van der Waals surface area contributed by atoms with E-state index in [1.54, 1.807) is 7.11 Å². The van der Waals surface area contributed by atoms with Crippen LogP contribution in [0.25, 0.3) is 5.69 Å². The summed E-state index contributed by atoms with van der Waals surface area (Å²) in [6, 6.07) is 34.0. The monoisotopic (exact) mass is 532 g/mol. The van der Waals surface area contributed by atoms with Crippen LogP contribution in [0.5, 0.6) is 17.2 Å². The van der Waals surface area contributed by atoms with Gasteiger partial charge in [-0.3, -0.25) is 4.98 Å². The molecule has 1 saturated heterocycles. The minimum Gasteiger partial charge on any atom is -0.497 e. The Balaban J connectivity index is 1.39. The van der Waals surface area contributed by atoms with Crippen LogP contribution >= 0.6 is 12.2 Å². The minimum atomic E-state index is -0.155. The highest BCUT2D eigenvalue weighted by Gasteiger charge is 2.42. The number of benzene rings is 3. The second-order valence-electron chi connectivity index (χ2n) is 9.41. The van der Waals surface area contributed by atoms with E-state index in [0.29, 0.717) is 5.11 Å². The number of thiocarbonyl (C=S) groups is 1. The fraction of sp³-hybridized carbons (Fsp3) is 0.125. The molecule has 0 unspecified atom stereocenters. The van der Waals surface area contributed by atoms with Gasteiger partial charge >= 0.3 is 0 Å². The Labute approximate surface area is 233 Å². The summed E-state index contributed by atoms with van der Waals surface area (Å²) in [7, 11) is 1.68. The molecule has 6 rings (SSSR count). The van der Waals surface area contributed by atoms with Gasteiger partial charge in [0.25, 0.3) is 0 Å². The molecule has 0 spiro atoms. The van der Waals surface area contributed by atoms with Gasteiger partial charge in [-0.25, -0.2) is 0 Å². The summed E-state index contributed by atoms with van der Waals surface area (Å²) in [5.74, 6) is 2.36. The molecule has 0 radical (unpaired) electrons. The third-order valence-corrected chi connectivity index (χ3v) is 7.20. The van der Waals surface area contributed by atoms with Crippen molar-refractivity contribution in [1.82, 2.24) is 14.9 Å². The number of anilines is 1. The van der Waals surface area contributed by atoms with E-state index in [4.69, 9.17) is 21.7 Å². The molecule has 1 fully saturated rings. The Morgan fingerprint density at radius 1 is 0.795 bits per heavy atom. The summed E-state index contributed by atoms with van der Waals surface area (Å²) in [6.07, 6.45) is 3.88. The van der Waals surface area contributed by atoms with Crippen molar-refractivity contribution in [3.63, 3.8) is 0 Å². The van der Waals surface area contributed by atoms with Gasteiger partial charge in [-0.1, -0.05) is 29.8 Å². The fourth-order valence-electron chi connectivity index (χ4n) is 4.98. The summed E-state index contributed by atoms with van der Waals surface area (Å²) < 4.78 is 13.8. The number of ether oxygens (including phenoxy) is 2. The van der Waals surface area contributed by atoms with E-state index in [1.165, 1.54) is 5.56 Å². The predicted octanol–water partition coefficient (Wildman–Crippen LogP) is 7.16. The molecule has 2 atom stereocenters. The van der Waals surface area contributed by atoms with Gasteiger partial charge in [0.1, 0.15) is 23.3 Å². The number of nitrogens with one attached hydrogen (secondary N) is 1. The molecule has 2 aromatic heterocycles. The van der Waals surface area contributed by atoms with Crippen LogP contribution in [-0.4, -0.2) is 21.8 Å². The zero-order chi connectivity index (χ0) is 26.8. The molecule has 1 aliphatic heterocycles. The van der Waals surface area contributed by atoms with E-state index < -0.39 is 0 Å². The molecule has 5 aromatic rings. The largest absolute Gasteiger partial charge is 0.497 e. The van der Waals surface area contributed by atoms with Gasteiger partial charge in [-0.2, -0.15) is 0 Å². The summed E-state index contributed by atoms with van der Waals surface area (Å²) >= 11 is 5.93. The minimum absolute atomic E-state index is 0.151. The molecule has 7 heteroatoms. The van der Waals surface area contributed by atoms with E-state index >= 15 is 0 Å². The Kier molecular flexibility index (Phi) is 6.73. The van der Waals surface area contributed by atoms with Crippen LogP contribution in [0, 0.1) is 6.92 Å². The van der Waals surface area contributed by atoms with Crippen LogP contribution in [0.2, 0.25) is 0 Å². The smallest absolute Gasteiger partial charge is 0.174 e. The molecule has 1 aliphatic rings. The average Bonchev–Trinajstić information content (AvgIpc) is 3.59. The number of aromatic nitrogens is 2. The van der Waals surface area contributed by atoms with Crippen molar-refractivity contribution in [1.29, 1.82) is 0 Å². The van der Waals surface area contributed by atoms with Crippen molar-refractivity contribution in [2.45, 2.75) is 19.0 Å². The van der Waals surface area contributed by atoms with Gasteiger partial charge in [0, 0.05) is 35.5 Å². The Bertz CT molecular complexity index is 1580. The van der Waals surface area contributed by atoms with Crippen molar-refractivity contribution in [2.75, 3.05) is 12.0 Å². The topological polar surface area (TPSA) is 51.5 Å². The fourth-order valence-corrected chi connectivity index (χ4v) is 5.33. The van der Waals surface area contributed by atoms with Gasteiger partial charge in [0.15, 0.2) is 5.11 Å². The van der Waals surface area contributed by atoms with Crippen molar-refractivity contribution in [3.05, 3.63) is 132 Å². The van der Waals surface area contributed by atoms with Crippen LogP contribution in [0.1, 0.15) is 29.0 Å². The second-order valence-corrected chi connectivity index (χ2v) is 9.80. The number of methoxy groups -OCH3 is 1. The van der Waals surface area contributed by atoms with Gasteiger partial charge < -0.3 is 24.3 Å². The first-order chi connectivity index (χ1) is 19.1. The first kappa shape index (κ1) is 24.7. The normalized spacial score (nSPS) is 16.7. The summed E-state index contributed by atoms with van der Waals surface area (Å²) in [5.41, 5.74) is 5.16. The molecule has 0 bridgehead atoms. The van der Waals surface area contributed by atoms with Gasteiger partial charge in [0.05, 0.1) is 18.8 Å². The zero-order valence-electron chi connectivity index (χ0n) is 21.7. The number of hydrogen-bond donors (Lipinski definition) is 1. The molecule has 0 saturated carbocycles. The number of rotatable bonds is 7. The third kappa shape index (κ3) is 4.96. The Hall–Kier alpha value is -4.62. The maximum atomic E-state index is 6.07. The van der Waals surface area contributed by atoms with Crippen molar-refractivity contribution in [2.24, 2.45) is 0 Å². The van der Waals surface area contributed by atoms with Gasteiger partial charge in [0.2, 0.25) is 0 Å². The van der Waals surface area contributed by atoms with Crippen LogP contribution < -0.4 is 19.7 Å². The zero-order valence-corrected chi connectivity index (χ0v) is 22.5. The van der Waals surface area contributed by atoms with Gasteiger partial charge in [-0.05, 0) is 91.9 Å². The van der Waals surface area contributed by atoms with Crippen molar-refractivity contribution >= 4 is 23.0 Å². The van der Waals surface area contributed by atoms with E-state index in [1.807, 2.05) is 91.1 Å². The number of nitrogens with zero attached hydrogens (tertiary/aromatic N) is 3. The lowest BCUT2D eigenvalue weighted by Crippen LogP contribution is -2.30. The predicted molar refractivity (Wildman–Crippen MR) is 158 cm³/mol.